The number of alkyl halides is 3. The highest BCUT2D eigenvalue weighted by Gasteiger charge is 2.33. The number of ether oxygens (including phenoxy) is 1. The predicted octanol–water partition coefficient (Wildman–Crippen LogP) is 4.74. The van der Waals surface area contributed by atoms with E-state index in [9.17, 15) is 17.6 Å². The molecule has 0 aliphatic heterocycles. The molecule has 2 N–H and O–H groups in total. The summed E-state index contributed by atoms with van der Waals surface area (Å²) >= 11 is 0.901. The summed E-state index contributed by atoms with van der Waals surface area (Å²) in [7, 11) is 1.39. The first-order valence-electron chi connectivity index (χ1n) is 8.14. The third-order valence-corrected chi connectivity index (χ3v) is 4.42. The smallest absolute Gasteiger partial charge is 0.434 e. The number of nitrogens with zero attached hydrogens (tertiary/aromatic N) is 2. The van der Waals surface area contributed by atoms with Gasteiger partial charge in [0.2, 0.25) is 0 Å². The van der Waals surface area contributed by atoms with E-state index >= 15 is 0 Å². The van der Waals surface area contributed by atoms with Crippen LogP contribution < -0.4 is 15.4 Å². The van der Waals surface area contributed by atoms with Crippen LogP contribution in [0.3, 0.4) is 0 Å². The molecule has 0 saturated carbocycles. The monoisotopic (exact) mass is 532 g/mol. The average molecular weight is 532 g/mol. The molecular formula is C17H21F4IN4OS. The van der Waals surface area contributed by atoms with E-state index in [0.717, 1.165) is 16.7 Å². The number of benzene rings is 1. The van der Waals surface area contributed by atoms with Crippen molar-refractivity contribution < 1.29 is 22.3 Å². The number of methoxy groups -OCH3 is 1. The van der Waals surface area contributed by atoms with Gasteiger partial charge < -0.3 is 15.4 Å². The highest BCUT2D eigenvalue weighted by atomic mass is 127. The standard InChI is InChI=1S/C17H20F4N4OS.HI/c1-4-22-16(23-8-15-25-14(9-27-15)17(19,20)21)24-10(2)11-5-6-13(26-3)12(18)7-11;/h5-7,9-10H,4,8H2,1-3H3,(H2,22,23,24);1H. The summed E-state index contributed by atoms with van der Waals surface area (Å²) in [6, 6.07) is 4.32. The topological polar surface area (TPSA) is 58.5 Å². The maximum atomic E-state index is 13.9. The van der Waals surface area contributed by atoms with Crippen molar-refractivity contribution in [3.05, 3.63) is 45.7 Å². The fraction of sp³-hybridized carbons (Fsp3) is 0.412. The Morgan fingerprint density at radius 3 is 2.61 bits per heavy atom. The molecule has 0 aliphatic rings. The van der Waals surface area contributed by atoms with Gasteiger partial charge in [0, 0.05) is 11.9 Å². The van der Waals surface area contributed by atoms with Gasteiger partial charge in [0.05, 0.1) is 19.7 Å². The van der Waals surface area contributed by atoms with Crippen molar-refractivity contribution in [2.45, 2.75) is 32.6 Å². The molecular weight excluding hydrogens is 511 g/mol. The van der Waals surface area contributed by atoms with Crippen LogP contribution >= 0.6 is 35.3 Å². The van der Waals surface area contributed by atoms with Gasteiger partial charge >= 0.3 is 6.18 Å². The SMILES string of the molecule is CCNC(=NCc1nc(C(F)(F)F)cs1)NC(C)c1ccc(OC)c(F)c1.I. The molecule has 11 heteroatoms. The minimum atomic E-state index is -4.46. The van der Waals surface area contributed by atoms with E-state index in [1.807, 2.05) is 13.8 Å². The number of nitrogens with one attached hydrogen (secondary N) is 2. The van der Waals surface area contributed by atoms with Gasteiger partial charge in [0.1, 0.15) is 5.01 Å². The molecule has 1 unspecified atom stereocenters. The van der Waals surface area contributed by atoms with E-state index in [-0.39, 0.29) is 47.3 Å². The second-order valence-corrected chi connectivity index (χ2v) is 6.52. The molecule has 0 radical (unpaired) electrons. The Hall–Kier alpha value is -1.63. The number of hydrogen-bond acceptors (Lipinski definition) is 4. The lowest BCUT2D eigenvalue weighted by Crippen LogP contribution is -2.38. The van der Waals surface area contributed by atoms with Gasteiger partial charge in [-0.2, -0.15) is 13.2 Å². The summed E-state index contributed by atoms with van der Waals surface area (Å²) in [6.45, 7) is 4.24. The van der Waals surface area contributed by atoms with Crippen molar-refractivity contribution in [2.75, 3.05) is 13.7 Å². The molecule has 1 atom stereocenters. The molecule has 0 fully saturated rings. The van der Waals surface area contributed by atoms with Crippen LogP contribution in [0.4, 0.5) is 17.6 Å². The minimum absolute atomic E-state index is 0. The second kappa shape index (κ2) is 10.8. The largest absolute Gasteiger partial charge is 0.494 e. The highest BCUT2D eigenvalue weighted by molar-refractivity contribution is 14.0. The number of thiazole rings is 1. The van der Waals surface area contributed by atoms with E-state index in [0.29, 0.717) is 18.1 Å². The van der Waals surface area contributed by atoms with Crippen molar-refractivity contribution >= 4 is 41.3 Å². The quantitative estimate of drug-likeness (QED) is 0.244. The molecule has 2 rings (SSSR count). The van der Waals surface area contributed by atoms with Crippen LogP contribution in [0.2, 0.25) is 0 Å². The van der Waals surface area contributed by atoms with Crippen LogP contribution in [0.25, 0.3) is 0 Å². The zero-order chi connectivity index (χ0) is 20.0. The number of aromatic nitrogens is 1. The van der Waals surface area contributed by atoms with Gasteiger partial charge in [-0.1, -0.05) is 6.07 Å². The number of hydrogen-bond donors (Lipinski definition) is 2. The Balaban J connectivity index is 0.00000392. The summed E-state index contributed by atoms with van der Waals surface area (Å²) in [5.41, 5.74) is -0.245. The first-order chi connectivity index (χ1) is 12.7. The molecule has 2 aromatic rings. The molecule has 0 aliphatic carbocycles. The molecule has 0 spiro atoms. The van der Waals surface area contributed by atoms with Crippen molar-refractivity contribution in [1.82, 2.24) is 15.6 Å². The van der Waals surface area contributed by atoms with Crippen LogP contribution in [0.5, 0.6) is 5.75 Å². The fourth-order valence-corrected chi connectivity index (χ4v) is 2.94. The van der Waals surface area contributed by atoms with E-state index < -0.39 is 17.7 Å². The number of rotatable bonds is 6. The zero-order valence-electron chi connectivity index (χ0n) is 15.4. The average Bonchev–Trinajstić information content (AvgIpc) is 3.09. The normalized spacial score (nSPS) is 12.9. The first-order valence-corrected chi connectivity index (χ1v) is 9.02. The van der Waals surface area contributed by atoms with Crippen molar-refractivity contribution in [1.29, 1.82) is 0 Å². The van der Waals surface area contributed by atoms with Crippen molar-refractivity contribution in [3.8, 4) is 5.75 Å². The van der Waals surface area contributed by atoms with Gasteiger partial charge in [0.25, 0.3) is 0 Å². The third kappa shape index (κ3) is 6.76. The fourth-order valence-electron chi connectivity index (χ4n) is 2.22. The highest BCUT2D eigenvalue weighted by Crippen LogP contribution is 2.30. The third-order valence-electron chi connectivity index (χ3n) is 3.59. The van der Waals surface area contributed by atoms with Gasteiger partial charge in [0.15, 0.2) is 23.2 Å². The molecule has 0 amide bonds. The second-order valence-electron chi connectivity index (χ2n) is 5.58. The molecule has 1 aromatic heterocycles. The first kappa shape index (κ1) is 24.4. The number of aliphatic imine (C=N–C) groups is 1. The molecule has 0 saturated heterocycles. The van der Waals surface area contributed by atoms with Crippen LogP contribution in [0.1, 0.15) is 36.2 Å². The summed E-state index contributed by atoms with van der Waals surface area (Å²) in [5.74, 6) is 0.0637. The molecule has 1 heterocycles. The van der Waals surface area contributed by atoms with Crippen LogP contribution in [0.15, 0.2) is 28.6 Å². The lowest BCUT2D eigenvalue weighted by molar-refractivity contribution is -0.140. The van der Waals surface area contributed by atoms with Crippen molar-refractivity contribution in [3.63, 3.8) is 0 Å². The number of guanidine groups is 1. The summed E-state index contributed by atoms with van der Waals surface area (Å²) < 4.78 is 56.6. The molecule has 1 aromatic carbocycles. The summed E-state index contributed by atoms with van der Waals surface area (Å²) in [4.78, 5) is 7.81. The molecule has 5 nitrogen and oxygen atoms in total. The van der Waals surface area contributed by atoms with Gasteiger partial charge in [-0.3, -0.25) is 0 Å². The zero-order valence-corrected chi connectivity index (χ0v) is 18.6. The lowest BCUT2D eigenvalue weighted by Gasteiger charge is -2.18. The summed E-state index contributed by atoms with van der Waals surface area (Å²) in [6.07, 6.45) is -4.46. The van der Waals surface area contributed by atoms with E-state index in [1.54, 1.807) is 6.07 Å². The maximum Gasteiger partial charge on any atom is 0.434 e. The van der Waals surface area contributed by atoms with E-state index in [4.69, 9.17) is 4.74 Å². The maximum absolute atomic E-state index is 13.9. The van der Waals surface area contributed by atoms with Crippen LogP contribution in [0, 0.1) is 5.82 Å². The van der Waals surface area contributed by atoms with Crippen LogP contribution in [-0.4, -0.2) is 24.6 Å². The van der Waals surface area contributed by atoms with E-state index in [1.165, 1.54) is 19.2 Å². The van der Waals surface area contributed by atoms with Crippen LogP contribution in [-0.2, 0) is 12.7 Å². The van der Waals surface area contributed by atoms with Gasteiger partial charge in [-0.05, 0) is 31.5 Å². The Morgan fingerprint density at radius 1 is 1.36 bits per heavy atom. The predicted molar refractivity (Wildman–Crippen MR) is 112 cm³/mol. The summed E-state index contributed by atoms with van der Waals surface area (Å²) in [5, 5.41) is 7.31. The Kier molecular flexibility index (Phi) is 9.40. The lowest BCUT2D eigenvalue weighted by atomic mass is 10.1. The molecule has 156 valence electrons. The molecule has 0 bridgehead atoms. The van der Waals surface area contributed by atoms with Gasteiger partial charge in [-0.25, -0.2) is 14.4 Å². The Bertz CT molecular complexity index is 798. The minimum Gasteiger partial charge on any atom is -0.494 e. The Labute approximate surface area is 181 Å². The Morgan fingerprint density at radius 2 is 2.07 bits per heavy atom. The number of halogens is 5. The van der Waals surface area contributed by atoms with Crippen molar-refractivity contribution in [2.24, 2.45) is 4.99 Å². The van der Waals surface area contributed by atoms with Gasteiger partial charge in [-0.15, -0.1) is 35.3 Å². The molecule has 28 heavy (non-hydrogen) atoms. The van der Waals surface area contributed by atoms with E-state index in [2.05, 4.69) is 20.6 Å².